The van der Waals surface area contributed by atoms with Crippen molar-refractivity contribution in [2.75, 3.05) is 20.4 Å². The quantitative estimate of drug-likeness (QED) is 0.221. The van der Waals surface area contributed by atoms with Crippen molar-refractivity contribution in [1.82, 2.24) is 10.2 Å². The van der Waals surface area contributed by atoms with E-state index in [9.17, 15) is 29.7 Å². The maximum Gasteiger partial charge on any atom is 0.412 e. The molecule has 186 valence electrons. The van der Waals surface area contributed by atoms with Gasteiger partial charge < -0.3 is 34.8 Å². The summed E-state index contributed by atoms with van der Waals surface area (Å²) in [7, 11) is -0.687. The number of carboxylic acids is 1. The number of alkyl carbamates (subject to hydrolysis) is 1. The van der Waals surface area contributed by atoms with Crippen molar-refractivity contribution in [1.29, 1.82) is 0 Å². The number of benzene rings is 1. The fourth-order valence-electron chi connectivity index (χ4n) is 2.44. The summed E-state index contributed by atoms with van der Waals surface area (Å²) in [6.45, 7) is -0.229. The molecule has 2 rings (SSSR count). The molecule has 0 fully saturated rings. The van der Waals surface area contributed by atoms with Crippen molar-refractivity contribution in [2.24, 2.45) is 0 Å². The zero-order valence-corrected chi connectivity index (χ0v) is 19.4. The Bertz CT molecular complexity index is 1130. The van der Waals surface area contributed by atoms with Crippen LogP contribution in [0.3, 0.4) is 0 Å². The third-order valence-electron chi connectivity index (χ3n) is 3.93. The number of carbonyl (C=O) groups excluding carboxylic acids is 2. The Morgan fingerprint density at radius 2 is 1.79 bits per heavy atom. The zero-order chi connectivity index (χ0) is 26.1. The summed E-state index contributed by atoms with van der Waals surface area (Å²) in [6.07, 6.45) is 2.61. The van der Waals surface area contributed by atoms with Gasteiger partial charge in [-0.15, -0.1) is 0 Å². The van der Waals surface area contributed by atoms with Crippen LogP contribution in [0.25, 0.3) is 0 Å². The largest absolute Gasteiger partial charge is 0.748 e. The normalized spacial score (nSPS) is 11.4. The van der Waals surface area contributed by atoms with Crippen molar-refractivity contribution in [3.05, 3.63) is 53.9 Å². The van der Waals surface area contributed by atoms with Gasteiger partial charge in [-0.3, -0.25) is 4.79 Å². The SMILES string of the molecule is CN(C)C(=O)c1ccc[n+](COC(=O)NC(Cc2ccc(O)c(O)c2)C(=O)O)c1.CS(=O)(=O)[O-]. The van der Waals surface area contributed by atoms with E-state index in [0.29, 0.717) is 17.4 Å². The summed E-state index contributed by atoms with van der Waals surface area (Å²) in [5.74, 6) is -2.23. The van der Waals surface area contributed by atoms with Crippen LogP contribution in [0, 0.1) is 0 Å². The molecule has 0 bridgehead atoms. The lowest BCUT2D eigenvalue weighted by atomic mass is 10.1. The molecule has 1 heterocycles. The van der Waals surface area contributed by atoms with Crippen molar-refractivity contribution in [3.8, 4) is 11.5 Å². The second-order valence-corrected chi connectivity index (χ2v) is 8.54. The lowest BCUT2D eigenvalue weighted by molar-refractivity contribution is -0.727. The van der Waals surface area contributed by atoms with Crippen LogP contribution in [0.5, 0.6) is 11.5 Å². The molecule has 1 atom stereocenters. The van der Waals surface area contributed by atoms with Gasteiger partial charge in [-0.05, 0) is 23.8 Å². The summed E-state index contributed by atoms with van der Waals surface area (Å²) < 4.78 is 33.7. The van der Waals surface area contributed by atoms with Crippen molar-refractivity contribution < 1.29 is 52.0 Å². The first kappa shape index (κ1) is 28.1. The molecule has 2 aromatic rings. The smallest absolute Gasteiger partial charge is 0.412 e. The molecule has 0 aliphatic rings. The van der Waals surface area contributed by atoms with E-state index >= 15 is 0 Å². The minimum absolute atomic E-state index is 0.127. The first-order valence-electron chi connectivity index (χ1n) is 9.46. The van der Waals surface area contributed by atoms with E-state index in [-0.39, 0.29) is 24.8 Å². The summed E-state index contributed by atoms with van der Waals surface area (Å²) >= 11 is 0. The van der Waals surface area contributed by atoms with E-state index in [1.165, 1.54) is 33.9 Å². The summed E-state index contributed by atoms with van der Waals surface area (Å²) in [4.78, 5) is 36.8. The molecular formula is C20H25N3O10S. The molecular weight excluding hydrogens is 474 g/mol. The molecule has 2 amide bonds. The van der Waals surface area contributed by atoms with E-state index in [1.54, 1.807) is 32.4 Å². The third-order valence-corrected chi connectivity index (χ3v) is 3.93. The number of hydrogen-bond acceptors (Lipinski definition) is 9. The lowest BCUT2D eigenvalue weighted by Gasteiger charge is -2.14. The number of nitrogens with zero attached hydrogens (tertiary/aromatic N) is 2. The number of aliphatic carboxylic acids is 1. The molecule has 4 N–H and O–H groups in total. The first-order valence-corrected chi connectivity index (χ1v) is 11.3. The summed E-state index contributed by atoms with van der Waals surface area (Å²) in [5, 5.41) is 30.4. The molecule has 13 nitrogen and oxygen atoms in total. The number of carboxylic acid groups (broad SMARTS) is 1. The number of rotatable bonds is 7. The number of ether oxygens (including phenoxy) is 1. The molecule has 0 aliphatic carbocycles. The average Bonchev–Trinajstić information content (AvgIpc) is 2.72. The number of pyridine rings is 1. The van der Waals surface area contributed by atoms with Gasteiger partial charge in [0, 0.05) is 32.8 Å². The van der Waals surface area contributed by atoms with Crippen molar-refractivity contribution >= 4 is 28.1 Å². The van der Waals surface area contributed by atoms with E-state index in [2.05, 4.69) is 5.32 Å². The van der Waals surface area contributed by atoms with Crippen LogP contribution in [0.4, 0.5) is 4.79 Å². The Kier molecular flexibility index (Phi) is 10.2. The van der Waals surface area contributed by atoms with E-state index in [0.717, 1.165) is 0 Å². The number of amides is 2. The van der Waals surface area contributed by atoms with Crippen LogP contribution < -0.4 is 9.88 Å². The second kappa shape index (κ2) is 12.4. The standard InChI is InChI=1S/C19H21N3O7.CH4O3S/c1-21(2)17(25)13-4-3-7-22(10-13)11-29-19(28)20-14(18(26)27)8-12-5-6-15(23)16(24)9-12;1-5(2,3)4/h3-7,9-10,14H,8,11H2,1-2H3,(H3-,20,23,24,26,27,28);1H3,(H,2,3,4). The summed E-state index contributed by atoms with van der Waals surface area (Å²) in [5.41, 5.74) is 0.800. The molecule has 1 aromatic carbocycles. The number of phenolic OH excluding ortho intramolecular Hbond substituents is 2. The highest BCUT2D eigenvalue weighted by atomic mass is 32.2. The predicted molar refractivity (Wildman–Crippen MR) is 115 cm³/mol. The Balaban J connectivity index is 0.00000104. The maximum atomic E-state index is 12.0. The Morgan fingerprint density at radius 3 is 2.32 bits per heavy atom. The van der Waals surface area contributed by atoms with Gasteiger partial charge in [-0.1, -0.05) is 6.07 Å². The van der Waals surface area contributed by atoms with E-state index in [1.807, 2.05) is 0 Å². The Morgan fingerprint density at radius 1 is 1.18 bits per heavy atom. The highest BCUT2D eigenvalue weighted by Gasteiger charge is 2.22. The third kappa shape index (κ3) is 10.6. The minimum Gasteiger partial charge on any atom is -0.748 e. The monoisotopic (exact) mass is 499 g/mol. The van der Waals surface area contributed by atoms with Gasteiger partial charge in [0.1, 0.15) is 11.6 Å². The van der Waals surface area contributed by atoms with Gasteiger partial charge in [-0.2, -0.15) is 4.57 Å². The zero-order valence-electron chi connectivity index (χ0n) is 18.5. The fourth-order valence-corrected chi connectivity index (χ4v) is 2.44. The van der Waals surface area contributed by atoms with Gasteiger partial charge in [-0.25, -0.2) is 18.0 Å². The Labute approximate surface area is 195 Å². The predicted octanol–water partition coefficient (Wildman–Crippen LogP) is -0.372. The molecule has 0 aliphatic heterocycles. The molecule has 0 radical (unpaired) electrons. The molecule has 1 aromatic heterocycles. The summed E-state index contributed by atoms with van der Waals surface area (Å²) in [6, 6.07) is 5.79. The molecule has 0 spiro atoms. The van der Waals surface area contributed by atoms with Crippen LogP contribution in [-0.2, 0) is 32.8 Å². The number of aromatic nitrogens is 1. The van der Waals surface area contributed by atoms with Gasteiger partial charge in [0.2, 0.25) is 0 Å². The Hall–Kier alpha value is -3.91. The van der Waals surface area contributed by atoms with Gasteiger partial charge >= 0.3 is 12.1 Å². The molecule has 14 heteroatoms. The molecule has 34 heavy (non-hydrogen) atoms. The number of carbonyl (C=O) groups is 3. The van der Waals surface area contributed by atoms with Crippen LogP contribution in [0.1, 0.15) is 15.9 Å². The van der Waals surface area contributed by atoms with Crippen LogP contribution in [-0.4, -0.2) is 77.6 Å². The fraction of sp³-hybridized carbons (Fsp3) is 0.300. The number of phenols is 2. The van der Waals surface area contributed by atoms with Crippen molar-refractivity contribution in [2.45, 2.75) is 19.2 Å². The minimum atomic E-state index is -3.92. The van der Waals surface area contributed by atoms with Gasteiger partial charge in [0.05, 0.1) is 10.1 Å². The van der Waals surface area contributed by atoms with Gasteiger partial charge in [0.15, 0.2) is 23.9 Å². The molecule has 0 saturated heterocycles. The first-order chi connectivity index (χ1) is 15.7. The van der Waals surface area contributed by atoms with Crippen molar-refractivity contribution in [3.63, 3.8) is 0 Å². The van der Waals surface area contributed by atoms with E-state index in [4.69, 9.17) is 17.7 Å². The highest BCUT2D eigenvalue weighted by molar-refractivity contribution is 7.84. The van der Waals surface area contributed by atoms with Crippen LogP contribution in [0.2, 0.25) is 0 Å². The van der Waals surface area contributed by atoms with E-state index < -0.39 is 34.0 Å². The number of hydrogen-bond donors (Lipinski definition) is 4. The number of nitrogens with one attached hydrogen (secondary N) is 1. The van der Waals surface area contributed by atoms with Crippen LogP contribution >= 0.6 is 0 Å². The maximum absolute atomic E-state index is 12.0. The number of aromatic hydroxyl groups is 2. The topological polar surface area (TPSA) is 197 Å². The molecule has 0 saturated carbocycles. The lowest BCUT2D eigenvalue weighted by Crippen LogP contribution is -2.45. The van der Waals surface area contributed by atoms with Crippen LogP contribution in [0.15, 0.2) is 42.7 Å². The average molecular weight is 499 g/mol. The highest BCUT2D eigenvalue weighted by Crippen LogP contribution is 2.25. The molecule has 1 unspecified atom stereocenters. The van der Waals surface area contributed by atoms with Gasteiger partial charge in [0.25, 0.3) is 12.6 Å². The second-order valence-electron chi connectivity index (χ2n) is 7.13.